The minimum atomic E-state index is 0.660. The predicted molar refractivity (Wildman–Crippen MR) is 89.2 cm³/mol. The lowest BCUT2D eigenvalue weighted by molar-refractivity contribution is 0.124. The van der Waals surface area contributed by atoms with E-state index in [9.17, 15) is 0 Å². The molecule has 0 aliphatic heterocycles. The smallest absolute Gasteiger partial charge is 0.0727 e. The summed E-state index contributed by atoms with van der Waals surface area (Å²) in [5.74, 6) is 0. The van der Waals surface area contributed by atoms with Crippen molar-refractivity contribution in [3.8, 4) is 0 Å². The Labute approximate surface area is 133 Å². The van der Waals surface area contributed by atoms with E-state index < -0.39 is 0 Å². The number of ether oxygens (including phenoxy) is 1. The number of hydrogen-bond acceptors (Lipinski definition) is 3. The molecule has 2 nitrogen and oxygen atoms in total. The molecule has 0 radical (unpaired) electrons. The summed E-state index contributed by atoms with van der Waals surface area (Å²) in [7, 11) is 0. The second-order valence-electron chi connectivity index (χ2n) is 4.59. The van der Waals surface area contributed by atoms with Gasteiger partial charge in [-0.15, -0.1) is 11.3 Å². The van der Waals surface area contributed by atoms with Gasteiger partial charge in [-0.2, -0.15) is 0 Å². The Balaban J connectivity index is 1.77. The van der Waals surface area contributed by atoms with E-state index in [2.05, 4.69) is 63.9 Å². The first-order valence-electron chi connectivity index (χ1n) is 6.87. The number of hydrogen-bond donors (Lipinski definition) is 1. The molecule has 0 atom stereocenters. The minimum absolute atomic E-state index is 0.660. The molecule has 4 heteroatoms. The fraction of sp³-hybridized carbons (Fsp3) is 0.375. The molecule has 0 amide bonds. The van der Waals surface area contributed by atoms with Gasteiger partial charge in [0.25, 0.3) is 0 Å². The summed E-state index contributed by atoms with van der Waals surface area (Å²) < 4.78 is 6.88. The molecule has 108 valence electrons. The highest BCUT2D eigenvalue weighted by molar-refractivity contribution is 9.10. The molecule has 0 fully saturated rings. The highest BCUT2D eigenvalue weighted by atomic mass is 79.9. The maximum Gasteiger partial charge on any atom is 0.0727 e. The lowest BCUT2D eigenvalue weighted by atomic mass is 10.1. The number of halogens is 1. The third-order valence-electron chi connectivity index (χ3n) is 3.03. The van der Waals surface area contributed by atoms with Gasteiger partial charge in [0.05, 0.1) is 13.2 Å². The van der Waals surface area contributed by atoms with E-state index in [4.69, 9.17) is 4.74 Å². The lowest BCUT2D eigenvalue weighted by Crippen LogP contribution is -2.11. The summed E-state index contributed by atoms with van der Waals surface area (Å²) >= 11 is 5.41. The van der Waals surface area contributed by atoms with Crippen LogP contribution in [0.4, 0.5) is 0 Å². The largest absolute Gasteiger partial charge is 0.376 e. The van der Waals surface area contributed by atoms with Crippen molar-refractivity contribution in [3.63, 3.8) is 0 Å². The quantitative estimate of drug-likeness (QED) is 0.711. The van der Waals surface area contributed by atoms with E-state index in [0.717, 1.165) is 30.6 Å². The monoisotopic (exact) mass is 353 g/mol. The van der Waals surface area contributed by atoms with Gasteiger partial charge in [0.1, 0.15) is 0 Å². The highest BCUT2D eigenvalue weighted by Crippen LogP contribution is 2.20. The van der Waals surface area contributed by atoms with Crippen LogP contribution in [-0.2, 0) is 24.3 Å². The Morgan fingerprint density at radius 3 is 2.90 bits per heavy atom. The van der Waals surface area contributed by atoms with Gasteiger partial charge in [0.15, 0.2) is 0 Å². The number of rotatable bonds is 8. The van der Waals surface area contributed by atoms with Crippen LogP contribution >= 0.6 is 27.3 Å². The summed E-state index contributed by atoms with van der Waals surface area (Å²) in [5, 5.41) is 5.43. The standard InChI is InChI=1S/C16H20BrNOS/c1-2-18-11-13-5-6-14(16(17)10-13)12-19-8-7-15-4-3-9-20-15/h3-6,9-10,18H,2,7-8,11-12H2,1H3. The fourth-order valence-electron chi connectivity index (χ4n) is 1.90. The van der Waals surface area contributed by atoms with Crippen LogP contribution in [-0.4, -0.2) is 13.2 Å². The van der Waals surface area contributed by atoms with Gasteiger partial charge in [0.2, 0.25) is 0 Å². The molecule has 0 bridgehead atoms. The Bertz CT molecular complexity index is 513. The highest BCUT2D eigenvalue weighted by Gasteiger charge is 2.02. The van der Waals surface area contributed by atoms with Crippen molar-refractivity contribution in [2.75, 3.05) is 13.2 Å². The molecule has 0 aliphatic carbocycles. The zero-order valence-electron chi connectivity index (χ0n) is 11.7. The fourth-order valence-corrected chi connectivity index (χ4v) is 3.13. The van der Waals surface area contributed by atoms with Crippen LogP contribution in [0.3, 0.4) is 0 Å². The molecular weight excluding hydrogens is 334 g/mol. The predicted octanol–water partition coefficient (Wildman–Crippen LogP) is 4.38. The van der Waals surface area contributed by atoms with Crippen molar-refractivity contribution >= 4 is 27.3 Å². The van der Waals surface area contributed by atoms with Gasteiger partial charge >= 0.3 is 0 Å². The number of nitrogens with one attached hydrogen (secondary N) is 1. The van der Waals surface area contributed by atoms with Crippen LogP contribution in [0.2, 0.25) is 0 Å². The van der Waals surface area contributed by atoms with Gasteiger partial charge < -0.3 is 10.1 Å². The minimum Gasteiger partial charge on any atom is -0.376 e. The van der Waals surface area contributed by atoms with Crippen LogP contribution < -0.4 is 5.32 Å². The van der Waals surface area contributed by atoms with Gasteiger partial charge in [-0.3, -0.25) is 0 Å². The molecule has 2 aromatic rings. The van der Waals surface area contributed by atoms with Crippen molar-refractivity contribution in [1.29, 1.82) is 0 Å². The van der Waals surface area contributed by atoms with Crippen molar-refractivity contribution in [2.24, 2.45) is 0 Å². The summed E-state index contributed by atoms with van der Waals surface area (Å²) in [5.41, 5.74) is 2.50. The Morgan fingerprint density at radius 2 is 2.20 bits per heavy atom. The summed E-state index contributed by atoms with van der Waals surface area (Å²) in [6.07, 6.45) is 0.994. The van der Waals surface area contributed by atoms with Crippen molar-refractivity contribution in [2.45, 2.75) is 26.5 Å². The molecule has 1 aromatic carbocycles. The van der Waals surface area contributed by atoms with E-state index >= 15 is 0 Å². The second-order valence-corrected chi connectivity index (χ2v) is 6.47. The SMILES string of the molecule is CCNCc1ccc(COCCc2cccs2)c(Br)c1. The van der Waals surface area contributed by atoms with E-state index in [1.165, 1.54) is 16.0 Å². The summed E-state index contributed by atoms with van der Waals surface area (Å²) in [4.78, 5) is 1.38. The Hall–Kier alpha value is -0.680. The lowest BCUT2D eigenvalue weighted by Gasteiger charge is -2.08. The summed E-state index contributed by atoms with van der Waals surface area (Å²) in [6, 6.07) is 10.7. The average Bonchev–Trinajstić information content (AvgIpc) is 2.96. The van der Waals surface area contributed by atoms with E-state index in [1.54, 1.807) is 11.3 Å². The van der Waals surface area contributed by atoms with E-state index in [1.807, 2.05) is 0 Å². The third-order valence-corrected chi connectivity index (χ3v) is 4.70. The van der Waals surface area contributed by atoms with Crippen molar-refractivity contribution in [1.82, 2.24) is 5.32 Å². The molecule has 0 aliphatic rings. The zero-order valence-corrected chi connectivity index (χ0v) is 14.1. The topological polar surface area (TPSA) is 21.3 Å². The molecular formula is C16H20BrNOS. The molecule has 1 aromatic heterocycles. The van der Waals surface area contributed by atoms with E-state index in [-0.39, 0.29) is 0 Å². The van der Waals surface area contributed by atoms with Gasteiger partial charge in [-0.25, -0.2) is 0 Å². The van der Waals surface area contributed by atoms with Gasteiger partial charge in [-0.05, 0) is 35.2 Å². The number of benzene rings is 1. The molecule has 1 N–H and O–H groups in total. The molecule has 20 heavy (non-hydrogen) atoms. The average molecular weight is 354 g/mol. The summed E-state index contributed by atoms with van der Waals surface area (Å²) in [6.45, 7) is 5.45. The van der Waals surface area contributed by atoms with Crippen LogP contribution in [0.5, 0.6) is 0 Å². The molecule has 0 unspecified atom stereocenters. The van der Waals surface area contributed by atoms with Crippen LogP contribution in [0, 0.1) is 0 Å². The Kier molecular flexibility index (Phi) is 6.73. The van der Waals surface area contributed by atoms with Gasteiger partial charge in [-0.1, -0.05) is 41.1 Å². The molecule has 0 saturated heterocycles. The molecule has 0 spiro atoms. The first kappa shape index (κ1) is 15.7. The number of thiophene rings is 1. The first-order valence-corrected chi connectivity index (χ1v) is 8.55. The zero-order chi connectivity index (χ0) is 14.2. The van der Waals surface area contributed by atoms with Gasteiger partial charge in [0, 0.05) is 22.3 Å². The van der Waals surface area contributed by atoms with Crippen molar-refractivity contribution in [3.05, 3.63) is 56.2 Å². The van der Waals surface area contributed by atoms with E-state index in [0.29, 0.717) is 6.61 Å². The molecule has 0 saturated carbocycles. The first-order chi connectivity index (χ1) is 9.79. The van der Waals surface area contributed by atoms with Crippen molar-refractivity contribution < 1.29 is 4.74 Å². The van der Waals surface area contributed by atoms with Crippen LogP contribution in [0.25, 0.3) is 0 Å². The maximum absolute atomic E-state index is 5.76. The normalized spacial score (nSPS) is 10.9. The van der Waals surface area contributed by atoms with Crippen LogP contribution in [0.15, 0.2) is 40.2 Å². The maximum atomic E-state index is 5.76. The second kappa shape index (κ2) is 8.57. The third kappa shape index (κ3) is 5.02. The Morgan fingerprint density at radius 1 is 1.30 bits per heavy atom. The molecule has 1 heterocycles. The molecule has 2 rings (SSSR count). The van der Waals surface area contributed by atoms with Crippen LogP contribution in [0.1, 0.15) is 22.9 Å².